The number of nitrogens with one attached hydrogen (secondary N) is 1. The Morgan fingerprint density at radius 1 is 1.15 bits per heavy atom. The molecule has 2 aromatic carbocycles. The van der Waals surface area contributed by atoms with Crippen LogP contribution in [-0.2, 0) is 17.8 Å². The molecule has 0 aliphatic carbocycles. The van der Waals surface area contributed by atoms with Crippen molar-refractivity contribution in [1.29, 1.82) is 0 Å². The molecule has 6 heteroatoms. The van der Waals surface area contributed by atoms with Gasteiger partial charge in [0.1, 0.15) is 5.82 Å². The number of amides is 1. The van der Waals surface area contributed by atoms with Gasteiger partial charge in [0.05, 0.1) is 15.7 Å². The van der Waals surface area contributed by atoms with Crippen LogP contribution in [0.25, 0.3) is 5.69 Å². The Bertz CT molecular complexity index is 921. The van der Waals surface area contributed by atoms with Gasteiger partial charge in [0, 0.05) is 25.4 Å². The number of hydrogen-bond donors (Lipinski definition) is 1. The summed E-state index contributed by atoms with van der Waals surface area (Å²) in [4.78, 5) is 16.5. The standard InChI is InChI=1S/C20H19Cl2N3O/c1-14-23-10-11-25(14)19-5-3-2-4-16(19)13-24-20(26)9-7-15-6-8-17(21)18(22)12-15/h2-6,8,10-12H,7,9,13H2,1H3,(H,24,26). The fraction of sp³-hybridized carbons (Fsp3) is 0.200. The van der Waals surface area contributed by atoms with Gasteiger partial charge in [-0.2, -0.15) is 0 Å². The number of carbonyl (C=O) groups is 1. The van der Waals surface area contributed by atoms with Crippen molar-refractivity contribution in [2.24, 2.45) is 0 Å². The van der Waals surface area contributed by atoms with E-state index in [-0.39, 0.29) is 5.91 Å². The van der Waals surface area contributed by atoms with Crippen LogP contribution in [0.15, 0.2) is 54.9 Å². The highest BCUT2D eigenvalue weighted by Gasteiger charge is 2.09. The number of para-hydroxylation sites is 1. The molecule has 0 radical (unpaired) electrons. The summed E-state index contributed by atoms with van der Waals surface area (Å²) in [7, 11) is 0. The van der Waals surface area contributed by atoms with Crippen molar-refractivity contribution < 1.29 is 4.79 Å². The van der Waals surface area contributed by atoms with E-state index in [1.54, 1.807) is 18.3 Å². The molecule has 0 saturated carbocycles. The molecule has 1 amide bonds. The summed E-state index contributed by atoms with van der Waals surface area (Å²) in [6.45, 7) is 2.42. The third kappa shape index (κ3) is 4.45. The zero-order valence-electron chi connectivity index (χ0n) is 14.4. The number of rotatable bonds is 6. The van der Waals surface area contributed by atoms with Gasteiger partial charge in [0.15, 0.2) is 0 Å². The van der Waals surface area contributed by atoms with Gasteiger partial charge in [0.25, 0.3) is 0 Å². The van der Waals surface area contributed by atoms with Crippen LogP contribution in [0.1, 0.15) is 23.4 Å². The Balaban J connectivity index is 1.60. The van der Waals surface area contributed by atoms with Crippen LogP contribution in [0, 0.1) is 6.92 Å². The molecule has 3 rings (SSSR count). The minimum absolute atomic E-state index is 0.00627. The lowest BCUT2D eigenvalue weighted by molar-refractivity contribution is -0.121. The van der Waals surface area contributed by atoms with E-state index in [1.807, 2.05) is 48.0 Å². The number of nitrogens with zero attached hydrogens (tertiary/aromatic N) is 2. The number of imidazole rings is 1. The summed E-state index contributed by atoms with van der Waals surface area (Å²) in [5.41, 5.74) is 3.05. The Kier molecular flexibility index (Phi) is 5.96. The molecule has 1 N–H and O–H groups in total. The van der Waals surface area contributed by atoms with E-state index >= 15 is 0 Å². The molecule has 0 spiro atoms. The second-order valence-corrected chi connectivity index (χ2v) is 6.81. The fourth-order valence-corrected chi connectivity index (χ4v) is 3.08. The predicted octanol–water partition coefficient (Wildman–Crippen LogP) is 4.74. The maximum Gasteiger partial charge on any atom is 0.220 e. The van der Waals surface area contributed by atoms with Gasteiger partial charge >= 0.3 is 0 Å². The Morgan fingerprint density at radius 2 is 1.96 bits per heavy atom. The summed E-state index contributed by atoms with van der Waals surface area (Å²) in [6.07, 6.45) is 4.69. The zero-order valence-corrected chi connectivity index (χ0v) is 15.9. The second kappa shape index (κ2) is 8.39. The van der Waals surface area contributed by atoms with Crippen LogP contribution in [0.4, 0.5) is 0 Å². The Labute approximate surface area is 162 Å². The molecular formula is C20H19Cl2N3O. The molecule has 1 aromatic heterocycles. The summed E-state index contributed by atoms with van der Waals surface area (Å²) in [5, 5.41) is 4.01. The van der Waals surface area contributed by atoms with Crippen molar-refractivity contribution in [2.45, 2.75) is 26.3 Å². The molecule has 0 bridgehead atoms. The maximum absolute atomic E-state index is 12.2. The molecular weight excluding hydrogens is 369 g/mol. The van der Waals surface area contributed by atoms with Crippen LogP contribution in [0.3, 0.4) is 0 Å². The van der Waals surface area contributed by atoms with Gasteiger partial charge in [-0.25, -0.2) is 4.98 Å². The monoisotopic (exact) mass is 387 g/mol. The van der Waals surface area contributed by atoms with Crippen LogP contribution >= 0.6 is 23.2 Å². The lowest BCUT2D eigenvalue weighted by atomic mass is 10.1. The molecule has 0 saturated heterocycles. The average molecular weight is 388 g/mol. The van der Waals surface area contributed by atoms with E-state index in [2.05, 4.69) is 10.3 Å². The van der Waals surface area contributed by atoms with E-state index in [4.69, 9.17) is 23.2 Å². The van der Waals surface area contributed by atoms with Crippen LogP contribution in [-0.4, -0.2) is 15.5 Å². The second-order valence-electron chi connectivity index (χ2n) is 6.00. The first-order chi connectivity index (χ1) is 12.5. The van der Waals surface area contributed by atoms with E-state index in [0.717, 1.165) is 22.6 Å². The molecule has 3 aromatic rings. The minimum atomic E-state index is -0.00627. The number of halogens is 2. The first-order valence-corrected chi connectivity index (χ1v) is 9.09. The third-order valence-corrected chi connectivity index (χ3v) is 4.92. The van der Waals surface area contributed by atoms with Crippen molar-refractivity contribution in [1.82, 2.24) is 14.9 Å². The van der Waals surface area contributed by atoms with Crippen LogP contribution < -0.4 is 5.32 Å². The number of benzene rings is 2. The zero-order chi connectivity index (χ0) is 18.5. The molecule has 0 atom stereocenters. The summed E-state index contributed by atoms with van der Waals surface area (Å²) >= 11 is 11.9. The van der Waals surface area contributed by atoms with Crippen LogP contribution in [0.2, 0.25) is 10.0 Å². The number of carbonyl (C=O) groups excluding carboxylic acids is 1. The molecule has 0 aliphatic heterocycles. The van der Waals surface area contributed by atoms with Crippen molar-refractivity contribution in [2.75, 3.05) is 0 Å². The molecule has 26 heavy (non-hydrogen) atoms. The van der Waals surface area contributed by atoms with Crippen molar-refractivity contribution in [3.63, 3.8) is 0 Å². The first-order valence-electron chi connectivity index (χ1n) is 8.33. The summed E-state index contributed by atoms with van der Waals surface area (Å²) < 4.78 is 2.01. The van der Waals surface area contributed by atoms with Gasteiger partial charge in [0.2, 0.25) is 5.91 Å². The van der Waals surface area contributed by atoms with Gasteiger partial charge < -0.3 is 9.88 Å². The van der Waals surface area contributed by atoms with Crippen molar-refractivity contribution >= 4 is 29.1 Å². The van der Waals surface area contributed by atoms with Gasteiger partial charge in [-0.15, -0.1) is 0 Å². The summed E-state index contributed by atoms with van der Waals surface area (Å²) in [6, 6.07) is 13.4. The largest absolute Gasteiger partial charge is 0.352 e. The highest BCUT2D eigenvalue weighted by Crippen LogP contribution is 2.23. The van der Waals surface area contributed by atoms with E-state index in [1.165, 1.54) is 0 Å². The van der Waals surface area contributed by atoms with Gasteiger partial charge in [-0.1, -0.05) is 47.5 Å². The molecule has 0 unspecified atom stereocenters. The molecule has 4 nitrogen and oxygen atoms in total. The molecule has 0 aliphatic rings. The maximum atomic E-state index is 12.2. The van der Waals surface area contributed by atoms with Crippen LogP contribution in [0.5, 0.6) is 0 Å². The van der Waals surface area contributed by atoms with Crippen molar-refractivity contribution in [3.05, 3.63) is 81.9 Å². The fourth-order valence-electron chi connectivity index (χ4n) is 2.76. The lowest BCUT2D eigenvalue weighted by Crippen LogP contribution is -2.23. The number of aryl methyl sites for hydroxylation is 2. The highest BCUT2D eigenvalue weighted by molar-refractivity contribution is 6.42. The van der Waals surface area contributed by atoms with E-state index in [0.29, 0.717) is 29.4 Å². The smallest absolute Gasteiger partial charge is 0.220 e. The predicted molar refractivity (Wildman–Crippen MR) is 105 cm³/mol. The van der Waals surface area contributed by atoms with Crippen molar-refractivity contribution in [3.8, 4) is 5.69 Å². The quantitative estimate of drug-likeness (QED) is 0.663. The highest BCUT2D eigenvalue weighted by atomic mass is 35.5. The van der Waals surface area contributed by atoms with E-state index in [9.17, 15) is 4.79 Å². The lowest BCUT2D eigenvalue weighted by Gasteiger charge is -2.12. The molecule has 0 fully saturated rings. The van der Waals surface area contributed by atoms with Gasteiger partial charge in [-0.3, -0.25) is 4.79 Å². The SMILES string of the molecule is Cc1nccn1-c1ccccc1CNC(=O)CCc1ccc(Cl)c(Cl)c1. The number of aromatic nitrogens is 2. The summed E-state index contributed by atoms with van der Waals surface area (Å²) in [5.74, 6) is 0.900. The molecule has 134 valence electrons. The Hall–Kier alpha value is -2.30. The average Bonchev–Trinajstić information content (AvgIpc) is 3.07. The normalized spacial score (nSPS) is 10.7. The van der Waals surface area contributed by atoms with E-state index < -0.39 is 0 Å². The third-order valence-electron chi connectivity index (χ3n) is 4.18. The topological polar surface area (TPSA) is 46.9 Å². The first kappa shape index (κ1) is 18.5. The molecule has 1 heterocycles. The Morgan fingerprint density at radius 3 is 2.69 bits per heavy atom. The van der Waals surface area contributed by atoms with Gasteiger partial charge in [-0.05, 0) is 42.7 Å². The number of hydrogen-bond acceptors (Lipinski definition) is 2. The minimum Gasteiger partial charge on any atom is -0.352 e.